The Kier molecular flexibility index (Phi) is 8.26. The number of nitrogens with zero attached hydrogens (tertiary/aromatic N) is 4. The highest BCUT2D eigenvalue weighted by molar-refractivity contribution is 6.22. The molecule has 5 nitrogen and oxygen atoms in total. The van der Waals surface area contributed by atoms with E-state index in [1.165, 1.54) is 44.6 Å². The summed E-state index contributed by atoms with van der Waals surface area (Å²) in [6.07, 6.45) is 13.5. The Balaban J connectivity index is 1.94. The van der Waals surface area contributed by atoms with Gasteiger partial charge in [-0.1, -0.05) is 55.4 Å². The Bertz CT molecular complexity index is 1580. The number of fused-ring (bicyclic) bond motifs is 4. The molecule has 5 rings (SSSR count). The van der Waals surface area contributed by atoms with Crippen LogP contribution in [0.5, 0.6) is 0 Å². The Morgan fingerprint density at radius 1 is 0.439 bits per heavy atom. The number of allylic oxidation sites excluding steroid dienone is 11. The first-order chi connectivity index (χ1) is 19.9. The van der Waals surface area contributed by atoms with Gasteiger partial charge < -0.3 is 5.73 Å². The van der Waals surface area contributed by atoms with Gasteiger partial charge in [0.2, 0.25) is 0 Å². The lowest BCUT2D eigenvalue weighted by atomic mass is 9.89. The SMILES string of the molecule is CCC1=C(CC)C2=C(N)C3=NC(=C(CC)C4=NC(=C(CC)C5=NC(=CC1=N2)C=C5)C(CC)=C4CC)C(CC)=C3CC. The van der Waals surface area contributed by atoms with E-state index < -0.39 is 0 Å². The summed E-state index contributed by atoms with van der Waals surface area (Å²) in [5.41, 5.74) is 25.9. The van der Waals surface area contributed by atoms with Gasteiger partial charge in [-0.2, -0.15) is 0 Å². The third kappa shape index (κ3) is 4.54. The van der Waals surface area contributed by atoms with Crippen LogP contribution >= 0.6 is 0 Å². The summed E-state index contributed by atoms with van der Waals surface area (Å²) in [7, 11) is 0. The minimum atomic E-state index is 0.690. The van der Waals surface area contributed by atoms with Gasteiger partial charge >= 0.3 is 0 Å². The first-order valence-corrected chi connectivity index (χ1v) is 15.8. The molecule has 0 radical (unpaired) electrons. The van der Waals surface area contributed by atoms with E-state index in [1.807, 2.05) is 0 Å². The maximum Gasteiger partial charge on any atom is 0.0924 e. The molecular formula is C36H45N5. The Morgan fingerprint density at radius 2 is 0.927 bits per heavy atom. The van der Waals surface area contributed by atoms with E-state index in [2.05, 4.69) is 73.6 Å². The second-order valence-corrected chi connectivity index (χ2v) is 10.9. The molecule has 214 valence electrons. The number of aliphatic imine (C=N–C) groups is 4. The van der Waals surface area contributed by atoms with Crippen molar-refractivity contribution >= 4 is 22.8 Å². The van der Waals surface area contributed by atoms with E-state index in [0.29, 0.717) is 5.70 Å². The third-order valence-corrected chi connectivity index (χ3v) is 8.96. The zero-order chi connectivity index (χ0) is 29.4. The van der Waals surface area contributed by atoms with Gasteiger partial charge in [-0.05, 0) is 103 Å². The highest BCUT2D eigenvalue weighted by Crippen LogP contribution is 2.42. The van der Waals surface area contributed by atoms with Crippen LogP contribution in [-0.2, 0) is 0 Å². The molecule has 0 aromatic heterocycles. The van der Waals surface area contributed by atoms with Gasteiger partial charge in [0.25, 0.3) is 0 Å². The lowest BCUT2D eigenvalue weighted by molar-refractivity contribution is 1.02. The second-order valence-electron chi connectivity index (χ2n) is 10.9. The first-order valence-electron chi connectivity index (χ1n) is 15.8. The van der Waals surface area contributed by atoms with E-state index in [4.69, 9.17) is 25.7 Å². The zero-order valence-corrected chi connectivity index (χ0v) is 26.3. The van der Waals surface area contributed by atoms with Crippen molar-refractivity contribution in [1.82, 2.24) is 0 Å². The highest BCUT2D eigenvalue weighted by atomic mass is 14.9. The normalized spacial score (nSPS) is 20.6. The molecule has 8 bridgehead atoms. The summed E-state index contributed by atoms with van der Waals surface area (Å²) >= 11 is 0. The van der Waals surface area contributed by atoms with Crippen LogP contribution in [0.3, 0.4) is 0 Å². The molecule has 5 aliphatic heterocycles. The van der Waals surface area contributed by atoms with Gasteiger partial charge in [0.1, 0.15) is 0 Å². The predicted octanol–water partition coefficient (Wildman–Crippen LogP) is 9.11. The zero-order valence-electron chi connectivity index (χ0n) is 26.3. The number of rotatable bonds is 8. The van der Waals surface area contributed by atoms with Gasteiger partial charge in [-0.15, -0.1) is 0 Å². The first kappa shape index (κ1) is 28.9. The average Bonchev–Trinajstić information content (AvgIpc) is 3.76. The van der Waals surface area contributed by atoms with Crippen molar-refractivity contribution in [1.29, 1.82) is 0 Å². The monoisotopic (exact) mass is 547 g/mol. The maximum atomic E-state index is 7.08. The molecule has 0 saturated carbocycles. The molecule has 5 heteroatoms. The molecule has 5 heterocycles. The Morgan fingerprint density at radius 3 is 1.49 bits per heavy atom. The molecule has 5 aliphatic rings. The van der Waals surface area contributed by atoms with E-state index in [-0.39, 0.29) is 0 Å². The summed E-state index contributed by atoms with van der Waals surface area (Å²) in [6, 6.07) is 0. The van der Waals surface area contributed by atoms with Crippen molar-refractivity contribution < 1.29 is 0 Å². The second kappa shape index (κ2) is 11.7. The van der Waals surface area contributed by atoms with Crippen LogP contribution in [0.4, 0.5) is 0 Å². The molecule has 0 aliphatic carbocycles. The quantitative estimate of drug-likeness (QED) is 0.323. The minimum Gasteiger partial charge on any atom is -0.395 e. The van der Waals surface area contributed by atoms with Crippen molar-refractivity contribution in [3.8, 4) is 0 Å². The van der Waals surface area contributed by atoms with Crippen LogP contribution in [0.2, 0.25) is 0 Å². The largest absolute Gasteiger partial charge is 0.395 e. The van der Waals surface area contributed by atoms with Gasteiger partial charge in [0.15, 0.2) is 0 Å². The predicted molar refractivity (Wildman–Crippen MR) is 176 cm³/mol. The fourth-order valence-electron chi connectivity index (χ4n) is 7.03. The van der Waals surface area contributed by atoms with Crippen LogP contribution in [0.15, 0.2) is 111 Å². The van der Waals surface area contributed by atoms with Crippen molar-refractivity contribution in [2.45, 2.75) is 107 Å². The van der Waals surface area contributed by atoms with Crippen molar-refractivity contribution in [2.24, 2.45) is 25.7 Å². The van der Waals surface area contributed by atoms with Crippen molar-refractivity contribution in [3.05, 3.63) is 91.3 Å². The standard InChI is InChI=1S/C36H45N5/c1-9-21-22(10-2)35-31(37)36-26(14-6)25(13-5)34(41-36)28(16-8)33-24(12-4)23(11-3)32(40-33)27(15-7)29-18-17-20(38-29)19-30(21)39-35/h17-19H,9-16,37H2,1-8H3. The molecule has 0 atom stereocenters. The topological polar surface area (TPSA) is 75.5 Å². The molecule has 0 unspecified atom stereocenters. The maximum absolute atomic E-state index is 7.08. The molecule has 0 aromatic carbocycles. The van der Waals surface area contributed by atoms with Crippen LogP contribution in [0.1, 0.15) is 107 Å². The molecule has 0 saturated heterocycles. The van der Waals surface area contributed by atoms with Crippen LogP contribution in [0.25, 0.3) is 0 Å². The van der Waals surface area contributed by atoms with E-state index in [0.717, 1.165) is 97.0 Å². The number of hydrogen-bond acceptors (Lipinski definition) is 5. The molecule has 0 aromatic rings. The Labute approximate surface area is 246 Å². The minimum absolute atomic E-state index is 0.690. The van der Waals surface area contributed by atoms with Crippen LogP contribution < -0.4 is 5.73 Å². The van der Waals surface area contributed by atoms with Gasteiger partial charge in [-0.25, -0.2) is 20.0 Å². The van der Waals surface area contributed by atoms with Crippen molar-refractivity contribution in [3.63, 3.8) is 0 Å². The summed E-state index contributed by atoms with van der Waals surface area (Å²) < 4.78 is 0. The molecule has 2 N–H and O–H groups in total. The molecular weight excluding hydrogens is 502 g/mol. The number of hydrogen-bond donors (Lipinski definition) is 1. The molecule has 0 fully saturated rings. The van der Waals surface area contributed by atoms with Crippen LogP contribution in [0, 0.1) is 0 Å². The highest BCUT2D eigenvalue weighted by Gasteiger charge is 2.34. The average molecular weight is 548 g/mol. The third-order valence-electron chi connectivity index (χ3n) is 8.96. The summed E-state index contributed by atoms with van der Waals surface area (Å²) in [5.74, 6) is 0. The molecule has 0 amide bonds. The van der Waals surface area contributed by atoms with E-state index in [9.17, 15) is 0 Å². The van der Waals surface area contributed by atoms with Gasteiger partial charge in [0, 0.05) is 11.1 Å². The summed E-state index contributed by atoms with van der Waals surface area (Å²) in [4.78, 5) is 21.1. The number of nitrogens with two attached hydrogens (primary N) is 1. The fraction of sp³-hybridized carbons (Fsp3) is 0.444. The fourth-order valence-corrected chi connectivity index (χ4v) is 7.03. The van der Waals surface area contributed by atoms with E-state index >= 15 is 0 Å². The summed E-state index contributed by atoms with van der Waals surface area (Å²) in [5, 5.41) is 0. The smallest absolute Gasteiger partial charge is 0.0924 e. The van der Waals surface area contributed by atoms with Gasteiger partial charge in [-0.3, -0.25) is 0 Å². The van der Waals surface area contributed by atoms with E-state index in [1.54, 1.807) is 0 Å². The lowest BCUT2D eigenvalue weighted by Crippen LogP contribution is -2.15. The molecule has 41 heavy (non-hydrogen) atoms. The molecule has 0 spiro atoms. The van der Waals surface area contributed by atoms with Crippen molar-refractivity contribution in [2.75, 3.05) is 0 Å². The summed E-state index contributed by atoms with van der Waals surface area (Å²) in [6.45, 7) is 17.8. The Hall–Kier alpha value is -3.60. The van der Waals surface area contributed by atoms with Crippen LogP contribution in [-0.4, -0.2) is 22.8 Å². The lowest BCUT2D eigenvalue weighted by Gasteiger charge is -2.14. The van der Waals surface area contributed by atoms with Gasteiger partial charge in [0.05, 0.1) is 51.3 Å².